The summed E-state index contributed by atoms with van der Waals surface area (Å²) in [6.45, 7) is 0.966. The highest BCUT2D eigenvalue weighted by atomic mass is 19.4. The van der Waals surface area contributed by atoms with E-state index in [1.807, 2.05) is 0 Å². The smallest absolute Gasteiger partial charge is 0.354 e. The van der Waals surface area contributed by atoms with Crippen molar-refractivity contribution in [3.05, 3.63) is 0 Å². The minimum atomic E-state index is -4.14. The Balaban J connectivity index is 1.84. The average molecular weight is 278 g/mol. The van der Waals surface area contributed by atoms with Crippen LogP contribution in [-0.4, -0.2) is 31.2 Å². The Bertz CT molecular complexity index is 314. The van der Waals surface area contributed by atoms with Crippen LogP contribution in [0.2, 0.25) is 0 Å². The highest BCUT2D eigenvalue weighted by molar-refractivity contribution is 5.81. The van der Waals surface area contributed by atoms with Crippen LogP contribution in [0.3, 0.4) is 0 Å². The number of nitrogens with one attached hydrogen (secondary N) is 2. The van der Waals surface area contributed by atoms with E-state index in [2.05, 4.69) is 10.6 Å². The van der Waals surface area contributed by atoms with Crippen LogP contribution in [0.4, 0.5) is 13.2 Å². The van der Waals surface area contributed by atoms with Crippen molar-refractivity contribution in [2.75, 3.05) is 13.1 Å². The first-order chi connectivity index (χ1) is 8.98. The summed E-state index contributed by atoms with van der Waals surface area (Å²) in [5.74, 6) is -1.86. The molecule has 1 heterocycles. The molecule has 2 aliphatic rings. The third-order valence-electron chi connectivity index (χ3n) is 4.24. The van der Waals surface area contributed by atoms with Gasteiger partial charge >= 0.3 is 6.18 Å². The van der Waals surface area contributed by atoms with Gasteiger partial charge in [0.2, 0.25) is 5.91 Å². The van der Waals surface area contributed by atoms with Crippen LogP contribution >= 0.6 is 0 Å². The first-order valence-corrected chi connectivity index (χ1v) is 7.06. The number of carbonyl (C=O) groups excluding carboxylic acids is 1. The summed E-state index contributed by atoms with van der Waals surface area (Å²) < 4.78 is 38.7. The first kappa shape index (κ1) is 14.6. The van der Waals surface area contributed by atoms with Gasteiger partial charge in [0.15, 0.2) is 0 Å². The lowest BCUT2D eigenvalue weighted by Crippen LogP contribution is -2.45. The number of halogens is 3. The fourth-order valence-corrected chi connectivity index (χ4v) is 3.15. The van der Waals surface area contributed by atoms with E-state index in [0.29, 0.717) is 12.8 Å². The van der Waals surface area contributed by atoms with Crippen LogP contribution in [0.1, 0.15) is 38.5 Å². The van der Waals surface area contributed by atoms with Gasteiger partial charge < -0.3 is 10.6 Å². The van der Waals surface area contributed by atoms with Crippen LogP contribution < -0.4 is 10.6 Å². The van der Waals surface area contributed by atoms with Crippen LogP contribution in [0, 0.1) is 11.8 Å². The molecule has 2 N–H and O–H groups in total. The summed E-state index contributed by atoms with van der Waals surface area (Å²) in [4.78, 5) is 11.8. The molecule has 1 aliphatic carbocycles. The largest absolute Gasteiger partial charge is 0.392 e. The van der Waals surface area contributed by atoms with Crippen molar-refractivity contribution in [3.63, 3.8) is 0 Å². The van der Waals surface area contributed by atoms with Crippen molar-refractivity contribution in [1.29, 1.82) is 0 Å². The van der Waals surface area contributed by atoms with Crippen molar-refractivity contribution in [2.24, 2.45) is 11.8 Å². The zero-order valence-corrected chi connectivity index (χ0v) is 10.9. The lowest BCUT2D eigenvalue weighted by Gasteiger charge is -2.33. The maximum atomic E-state index is 12.9. The van der Waals surface area contributed by atoms with Gasteiger partial charge in [0.1, 0.15) is 0 Å². The molecule has 1 saturated heterocycles. The molecule has 0 aromatic heterocycles. The van der Waals surface area contributed by atoms with E-state index in [1.54, 1.807) is 0 Å². The molecule has 0 bridgehead atoms. The SMILES string of the molecule is O=C(NCC1CCCCC1C(F)(F)F)C1CCCN1. The minimum absolute atomic E-state index is 0.149. The Morgan fingerprint density at radius 2 is 1.89 bits per heavy atom. The second kappa shape index (κ2) is 6.11. The third-order valence-corrected chi connectivity index (χ3v) is 4.24. The van der Waals surface area contributed by atoms with Crippen molar-refractivity contribution in [1.82, 2.24) is 10.6 Å². The number of hydrogen-bond donors (Lipinski definition) is 2. The number of hydrogen-bond acceptors (Lipinski definition) is 2. The molecule has 0 spiro atoms. The first-order valence-electron chi connectivity index (χ1n) is 7.06. The van der Waals surface area contributed by atoms with Gasteiger partial charge in [-0.2, -0.15) is 13.2 Å². The molecule has 0 radical (unpaired) electrons. The molecule has 0 aromatic carbocycles. The summed E-state index contributed by atoms with van der Waals surface area (Å²) in [6, 6.07) is -0.215. The Kier molecular flexibility index (Phi) is 4.71. The second-order valence-corrected chi connectivity index (χ2v) is 5.59. The van der Waals surface area contributed by atoms with Gasteiger partial charge in [-0.25, -0.2) is 0 Å². The van der Waals surface area contributed by atoms with Crippen LogP contribution in [0.15, 0.2) is 0 Å². The topological polar surface area (TPSA) is 41.1 Å². The lowest BCUT2D eigenvalue weighted by atomic mass is 9.78. The van der Waals surface area contributed by atoms with E-state index in [4.69, 9.17) is 0 Å². The molecule has 0 aromatic rings. The Morgan fingerprint density at radius 1 is 1.16 bits per heavy atom. The summed E-state index contributed by atoms with van der Waals surface area (Å²) in [6.07, 6.45) is -0.185. The standard InChI is InChI=1S/C13H21F3N2O/c14-13(15,16)10-5-2-1-4-9(10)8-18-12(19)11-6-3-7-17-11/h9-11,17H,1-8H2,(H,18,19). The van der Waals surface area contributed by atoms with Gasteiger partial charge in [-0.1, -0.05) is 12.8 Å². The summed E-state index contributed by atoms with van der Waals surface area (Å²) in [5, 5.41) is 5.75. The highest BCUT2D eigenvalue weighted by Gasteiger charge is 2.45. The lowest BCUT2D eigenvalue weighted by molar-refractivity contribution is -0.195. The Labute approximate surface area is 111 Å². The predicted molar refractivity (Wildman–Crippen MR) is 65.5 cm³/mol. The van der Waals surface area contributed by atoms with Gasteiger partial charge in [-0.05, 0) is 38.1 Å². The molecular formula is C13H21F3N2O. The van der Waals surface area contributed by atoms with Crippen molar-refractivity contribution in [2.45, 2.75) is 50.7 Å². The maximum Gasteiger partial charge on any atom is 0.392 e. The molecular weight excluding hydrogens is 257 g/mol. The van der Waals surface area contributed by atoms with E-state index in [-0.39, 0.29) is 24.9 Å². The number of carbonyl (C=O) groups is 1. The van der Waals surface area contributed by atoms with Gasteiger partial charge in [0.25, 0.3) is 0 Å². The third kappa shape index (κ3) is 3.84. The van der Waals surface area contributed by atoms with Gasteiger partial charge in [-0.3, -0.25) is 4.79 Å². The fourth-order valence-electron chi connectivity index (χ4n) is 3.15. The molecule has 1 saturated carbocycles. The molecule has 110 valence electrons. The van der Waals surface area contributed by atoms with Crippen LogP contribution in [-0.2, 0) is 4.79 Å². The van der Waals surface area contributed by atoms with Crippen LogP contribution in [0.25, 0.3) is 0 Å². The summed E-state index contributed by atoms with van der Waals surface area (Å²) in [5.41, 5.74) is 0. The zero-order valence-electron chi connectivity index (χ0n) is 10.9. The van der Waals surface area contributed by atoms with Gasteiger partial charge in [-0.15, -0.1) is 0 Å². The number of alkyl halides is 3. The van der Waals surface area contributed by atoms with Crippen molar-refractivity contribution < 1.29 is 18.0 Å². The summed E-state index contributed by atoms with van der Waals surface area (Å²) in [7, 11) is 0. The number of amides is 1. The molecule has 3 nitrogen and oxygen atoms in total. The number of rotatable bonds is 3. The Morgan fingerprint density at radius 3 is 2.53 bits per heavy atom. The maximum absolute atomic E-state index is 12.9. The monoisotopic (exact) mass is 278 g/mol. The summed E-state index contributed by atoms with van der Waals surface area (Å²) >= 11 is 0. The second-order valence-electron chi connectivity index (χ2n) is 5.59. The zero-order chi connectivity index (χ0) is 13.9. The molecule has 2 fully saturated rings. The predicted octanol–water partition coefficient (Wildman–Crippen LogP) is 2.22. The molecule has 19 heavy (non-hydrogen) atoms. The quantitative estimate of drug-likeness (QED) is 0.831. The van der Waals surface area contributed by atoms with Crippen molar-refractivity contribution >= 4 is 5.91 Å². The minimum Gasteiger partial charge on any atom is -0.354 e. The van der Waals surface area contributed by atoms with E-state index < -0.39 is 18.0 Å². The average Bonchev–Trinajstić information content (AvgIpc) is 2.89. The van der Waals surface area contributed by atoms with E-state index in [0.717, 1.165) is 25.8 Å². The molecule has 3 unspecified atom stereocenters. The van der Waals surface area contributed by atoms with E-state index in [9.17, 15) is 18.0 Å². The molecule has 1 aliphatic heterocycles. The van der Waals surface area contributed by atoms with Crippen LogP contribution in [0.5, 0.6) is 0 Å². The van der Waals surface area contributed by atoms with E-state index in [1.165, 1.54) is 0 Å². The van der Waals surface area contributed by atoms with Gasteiger partial charge in [0.05, 0.1) is 12.0 Å². The van der Waals surface area contributed by atoms with E-state index >= 15 is 0 Å². The van der Waals surface area contributed by atoms with Gasteiger partial charge in [0, 0.05) is 6.54 Å². The molecule has 1 amide bonds. The van der Waals surface area contributed by atoms with Crippen molar-refractivity contribution in [3.8, 4) is 0 Å². The highest BCUT2D eigenvalue weighted by Crippen LogP contribution is 2.41. The molecule has 2 rings (SSSR count). The molecule has 6 heteroatoms. The fraction of sp³-hybridized carbons (Fsp3) is 0.923. The molecule has 3 atom stereocenters. The Hall–Kier alpha value is -0.780. The normalized spacial score (nSPS) is 32.3.